The lowest BCUT2D eigenvalue weighted by molar-refractivity contribution is -0.242. The predicted molar refractivity (Wildman–Crippen MR) is 117 cm³/mol. The van der Waals surface area contributed by atoms with E-state index in [9.17, 15) is 26.4 Å². The quantitative estimate of drug-likeness (QED) is 0.618. The molecular formula is C20H26F3N5O5S. The van der Waals surface area contributed by atoms with Gasteiger partial charge in [-0.1, -0.05) is 0 Å². The largest absolute Gasteiger partial charge is 0.485 e. The van der Waals surface area contributed by atoms with Crippen molar-refractivity contribution < 1.29 is 35.9 Å². The van der Waals surface area contributed by atoms with Crippen LogP contribution in [0.2, 0.25) is 0 Å². The molecule has 0 saturated carbocycles. The summed E-state index contributed by atoms with van der Waals surface area (Å²) in [4.78, 5) is 12.1. The summed E-state index contributed by atoms with van der Waals surface area (Å²) in [5.41, 5.74) is 3.39. The summed E-state index contributed by atoms with van der Waals surface area (Å²) in [5, 5.41) is 6.39. The fourth-order valence-electron chi connectivity index (χ4n) is 3.21. The molecule has 1 aliphatic heterocycles. The number of fused-ring (bicyclic) bond motifs is 1. The second-order valence-corrected chi connectivity index (χ2v) is 9.98. The minimum Gasteiger partial charge on any atom is -0.485 e. The number of nitrogens with one attached hydrogen (secondary N) is 1. The molecule has 14 heteroatoms. The number of aromatic nitrogens is 2. The molecule has 188 valence electrons. The topological polar surface area (TPSA) is 129 Å². The lowest BCUT2D eigenvalue weighted by atomic mass is 10.1. The molecule has 0 bridgehead atoms. The minimum atomic E-state index is -4.78. The molecule has 34 heavy (non-hydrogen) atoms. The van der Waals surface area contributed by atoms with E-state index in [1.165, 1.54) is 29.1 Å². The van der Waals surface area contributed by atoms with E-state index in [2.05, 4.69) is 15.2 Å². The number of ether oxygens (including phenoxy) is 2. The number of rotatable bonds is 6. The molecule has 0 saturated heterocycles. The van der Waals surface area contributed by atoms with Crippen molar-refractivity contribution >= 4 is 27.5 Å². The summed E-state index contributed by atoms with van der Waals surface area (Å²) in [5.74, 6) is 0.181. The number of sulfonamides is 1. The molecule has 0 radical (unpaired) electrons. The second kappa shape index (κ2) is 8.98. The Hall–Kier alpha value is -3.00. The molecule has 1 unspecified atom stereocenters. The predicted octanol–water partition coefficient (Wildman–Crippen LogP) is 3.02. The van der Waals surface area contributed by atoms with Crippen molar-refractivity contribution in [2.24, 2.45) is 5.73 Å². The summed E-state index contributed by atoms with van der Waals surface area (Å²) < 4.78 is 78.9. The first-order chi connectivity index (χ1) is 15.7. The Morgan fingerprint density at radius 2 is 2.03 bits per heavy atom. The van der Waals surface area contributed by atoms with Gasteiger partial charge in [-0.2, -0.15) is 18.3 Å². The minimum absolute atomic E-state index is 0.0114. The highest BCUT2D eigenvalue weighted by molar-refractivity contribution is 7.92. The summed E-state index contributed by atoms with van der Waals surface area (Å²) in [6.07, 6.45) is -5.36. The van der Waals surface area contributed by atoms with Crippen LogP contribution < -0.4 is 20.1 Å². The Morgan fingerprint density at radius 1 is 1.35 bits per heavy atom. The van der Waals surface area contributed by atoms with Crippen molar-refractivity contribution in [3.05, 3.63) is 30.1 Å². The van der Waals surface area contributed by atoms with Crippen molar-refractivity contribution in [1.82, 2.24) is 9.78 Å². The van der Waals surface area contributed by atoms with Gasteiger partial charge in [-0.3, -0.25) is 14.3 Å². The molecule has 0 spiro atoms. The van der Waals surface area contributed by atoms with Gasteiger partial charge < -0.3 is 15.2 Å². The third-order valence-corrected chi connectivity index (χ3v) is 7.11. The van der Waals surface area contributed by atoms with E-state index in [1.807, 2.05) is 6.92 Å². The maximum atomic E-state index is 13.5. The van der Waals surface area contributed by atoms with E-state index < -0.39 is 34.0 Å². The van der Waals surface area contributed by atoms with Gasteiger partial charge in [-0.05, 0) is 45.9 Å². The number of aryl methyl sites for hydroxylation is 2. The zero-order valence-corrected chi connectivity index (χ0v) is 19.8. The van der Waals surface area contributed by atoms with E-state index in [4.69, 9.17) is 10.5 Å². The number of anilines is 2. The summed E-state index contributed by atoms with van der Waals surface area (Å²) in [7, 11) is -4.11. The maximum absolute atomic E-state index is 13.5. The van der Waals surface area contributed by atoms with Gasteiger partial charge in [0.2, 0.25) is 5.60 Å². The number of amides is 1. The van der Waals surface area contributed by atoms with Gasteiger partial charge in [0.15, 0.2) is 0 Å². The number of nitrogens with zero attached hydrogens (tertiary/aromatic N) is 3. The van der Waals surface area contributed by atoms with E-state index in [0.717, 1.165) is 4.31 Å². The lowest BCUT2D eigenvalue weighted by Gasteiger charge is -2.35. The first-order valence-electron chi connectivity index (χ1n) is 10.3. The molecule has 1 aromatic heterocycles. The van der Waals surface area contributed by atoms with Crippen molar-refractivity contribution in [3.8, 4) is 5.75 Å². The van der Waals surface area contributed by atoms with Crippen LogP contribution in [0, 0.1) is 6.92 Å². The van der Waals surface area contributed by atoms with Crippen molar-refractivity contribution in [1.29, 1.82) is 0 Å². The van der Waals surface area contributed by atoms with Gasteiger partial charge >= 0.3 is 12.3 Å². The van der Waals surface area contributed by atoms with Gasteiger partial charge in [-0.25, -0.2) is 13.2 Å². The van der Waals surface area contributed by atoms with Crippen LogP contribution in [0.25, 0.3) is 0 Å². The molecule has 1 aromatic carbocycles. The van der Waals surface area contributed by atoms with Crippen LogP contribution in [0.4, 0.5) is 29.3 Å². The number of alkyl halides is 3. The van der Waals surface area contributed by atoms with E-state index in [-0.39, 0.29) is 35.1 Å². The summed E-state index contributed by atoms with van der Waals surface area (Å²) in [6.45, 7) is 5.20. The van der Waals surface area contributed by atoms with E-state index in [1.54, 1.807) is 6.92 Å². The standard InChI is InChI=1S/C20H26F3N5O5S/c1-5-27-11-17(12(2)26-27)34(30,31)28-10-14(9-24)32-16-7-6-13(8-15(16)28)25-18(29)33-19(3,4)20(21,22)23/h6-8,11,14H,5,9-10,24H2,1-4H3,(H,25,29). The van der Waals surface area contributed by atoms with Crippen LogP contribution >= 0.6 is 0 Å². The molecule has 10 nitrogen and oxygen atoms in total. The molecule has 1 amide bonds. The Bertz CT molecular complexity index is 1180. The number of hydrogen-bond acceptors (Lipinski definition) is 7. The number of hydrogen-bond donors (Lipinski definition) is 2. The average Bonchev–Trinajstić information content (AvgIpc) is 3.13. The SMILES string of the molecule is CCn1cc(S(=O)(=O)N2CC(CN)Oc3ccc(NC(=O)OC(C)(C)C(F)(F)F)cc32)c(C)n1. The second-order valence-electron chi connectivity index (χ2n) is 8.15. The molecule has 0 aliphatic carbocycles. The van der Waals surface area contributed by atoms with E-state index >= 15 is 0 Å². The highest BCUT2D eigenvalue weighted by Gasteiger charge is 2.51. The first-order valence-corrected chi connectivity index (χ1v) is 11.8. The van der Waals surface area contributed by atoms with Crippen molar-refractivity contribution in [3.63, 3.8) is 0 Å². The third kappa shape index (κ3) is 4.92. The van der Waals surface area contributed by atoms with Gasteiger partial charge in [0.25, 0.3) is 10.0 Å². The Morgan fingerprint density at radius 3 is 2.59 bits per heavy atom. The lowest BCUT2D eigenvalue weighted by Crippen LogP contribution is -2.46. The molecule has 2 aromatic rings. The summed E-state index contributed by atoms with van der Waals surface area (Å²) >= 11 is 0. The number of benzene rings is 1. The molecule has 0 fully saturated rings. The van der Waals surface area contributed by atoms with Gasteiger partial charge in [0.05, 0.1) is 17.9 Å². The Balaban J connectivity index is 1.96. The molecule has 2 heterocycles. The molecular weight excluding hydrogens is 479 g/mol. The van der Waals surface area contributed by atoms with Crippen LogP contribution in [0.15, 0.2) is 29.3 Å². The molecule has 3 rings (SSSR count). The normalized spacial score (nSPS) is 16.6. The molecule has 1 aliphatic rings. The first kappa shape index (κ1) is 25.6. The van der Waals surface area contributed by atoms with Crippen LogP contribution in [-0.2, 0) is 21.3 Å². The highest BCUT2D eigenvalue weighted by Crippen LogP contribution is 2.39. The number of carbonyl (C=O) groups is 1. The van der Waals surface area contributed by atoms with E-state index in [0.29, 0.717) is 26.1 Å². The van der Waals surface area contributed by atoms with Crippen LogP contribution in [0.3, 0.4) is 0 Å². The van der Waals surface area contributed by atoms with Crippen LogP contribution in [0.5, 0.6) is 5.75 Å². The Labute approximate surface area is 194 Å². The number of halogens is 3. The zero-order valence-electron chi connectivity index (χ0n) is 19.0. The molecule has 1 atom stereocenters. The van der Waals surface area contributed by atoms with Gasteiger partial charge in [-0.15, -0.1) is 0 Å². The van der Waals surface area contributed by atoms with Crippen molar-refractivity contribution in [2.45, 2.75) is 57.0 Å². The average molecular weight is 506 g/mol. The monoisotopic (exact) mass is 505 g/mol. The fourth-order valence-corrected chi connectivity index (χ4v) is 4.88. The van der Waals surface area contributed by atoms with Gasteiger partial charge in [0, 0.05) is 25.0 Å². The number of carbonyl (C=O) groups excluding carboxylic acids is 1. The third-order valence-electron chi connectivity index (χ3n) is 5.22. The van der Waals surface area contributed by atoms with Crippen LogP contribution in [0.1, 0.15) is 26.5 Å². The maximum Gasteiger partial charge on any atom is 0.427 e. The number of nitrogens with two attached hydrogens (primary N) is 1. The molecule has 3 N–H and O–H groups in total. The smallest absolute Gasteiger partial charge is 0.427 e. The Kier molecular flexibility index (Phi) is 6.77. The zero-order chi connectivity index (χ0) is 25.5. The summed E-state index contributed by atoms with van der Waals surface area (Å²) in [6, 6.07) is 4.03. The fraction of sp³-hybridized carbons (Fsp3) is 0.500. The highest BCUT2D eigenvalue weighted by atomic mass is 32.2. The van der Waals surface area contributed by atoms with Crippen molar-refractivity contribution in [2.75, 3.05) is 22.7 Å². The van der Waals surface area contributed by atoms with Gasteiger partial charge in [0.1, 0.15) is 16.7 Å². The van der Waals surface area contributed by atoms with Crippen LogP contribution in [-0.4, -0.2) is 55.3 Å².